The minimum absolute atomic E-state index is 0.0348. The van der Waals surface area contributed by atoms with Gasteiger partial charge in [0.15, 0.2) is 0 Å². The number of hydrogen-bond acceptors (Lipinski definition) is 4. The van der Waals surface area contributed by atoms with Gasteiger partial charge in [0.2, 0.25) is 5.91 Å². The monoisotopic (exact) mass is 274 g/mol. The zero-order valence-electron chi connectivity index (χ0n) is 11.9. The van der Waals surface area contributed by atoms with Gasteiger partial charge in [0.25, 0.3) is 0 Å². The van der Waals surface area contributed by atoms with Crippen molar-refractivity contribution in [2.24, 2.45) is 11.7 Å². The number of carbonyl (C=O) groups excluding carboxylic acids is 1. The molecule has 5 heteroatoms. The minimum Gasteiger partial charge on any atom is -0.369 e. The molecule has 5 nitrogen and oxygen atoms in total. The van der Waals surface area contributed by atoms with Gasteiger partial charge >= 0.3 is 0 Å². The van der Waals surface area contributed by atoms with Gasteiger partial charge in [-0.1, -0.05) is 0 Å². The van der Waals surface area contributed by atoms with Crippen LogP contribution in [0, 0.1) is 12.8 Å². The zero-order chi connectivity index (χ0) is 14.1. The van der Waals surface area contributed by atoms with E-state index in [4.69, 9.17) is 5.73 Å². The average Bonchev–Trinajstić information content (AvgIpc) is 3.11. The summed E-state index contributed by atoms with van der Waals surface area (Å²) in [5, 5.41) is 3.50. The maximum absolute atomic E-state index is 11.2. The summed E-state index contributed by atoms with van der Waals surface area (Å²) >= 11 is 0. The molecule has 2 fully saturated rings. The van der Waals surface area contributed by atoms with Gasteiger partial charge in [0.1, 0.15) is 5.82 Å². The average molecular weight is 274 g/mol. The largest absolute Gasteiger partial charge is 0.369 e. The number of aryl methyl sites for hydroxylation is 1. The molecule has 1 unspecified atom stereocenters. The van der Waals surface area contributed by atoms with Crippen molar-refractivity contribution >= 4 is 11.7 Å². The molecule has 3 rings (SSSR count). The van der Waals surface area contributed by atoms with Crippen LogP contribution in [0.3, 0.4) is 0 Å². The molecular weight excluding hydrogens is 252 g/mol. The quantitative estimate of drug-likeness (QED) is 0.839. The summed E-state index contributed by atoms with van der Waals surface area (Å²) in [6.45, 7) is 4.53. The molecule has 0 aromatic carbocycles. The Bertz CT molecular complexity index is 513. The standard InChI is InChI=1S/C15H22N4O/c1-10-6-11(7-17-13-2-3-13)8-18-15(10)19-5-4-12(9-19)14(16)20/h6,8,12-13,17H,2-5,7,9H2,1H3,(H2,16,20). The first-order valence-corrected chi connectivity index (χ1v) is 7.36. The fraction of sp³-hybridized carbons (Fsp3) is 0.600. The summed E-state index contributed by atoms with van der Waals surface area (Å²) in [4.78, 5) is 18.0. The summed E-state index contributed by atoms with van der Waals surface area (Å²) in [6.07, 6.45) is 5.37. The van der Waals surface area contributed by atoms with Crippen molar-refractivity contribution in [3.63, 3.8) is 0 Å². The summed E-state index contributed by atoms with van der Waals surface area (Å²) in [6, 6.07) is 2.90. The van der Waals surface area contributed by atoms with E-state index in [1.807, 2.05) is 6.20 Å². The number of primary amides is 1. The van der Waals surface area contributed by atoms with Crippen LogP contribution in [0.25, 0.3) is 0 Å². The topological polar surface area (TPSA) is 71.2 Å². The van der Waals surface area contributed by atoms with E-state index in [2.05, 4.69) is 28.2 Å². The van der Waals surface area contributed by atoms with Crippen LogP contribution in [0.5, 0.6) is 0 Å². The predicted molar refractivity (Wildman–Crippen MR) is 78.4 cm³/mol. The molecule has 2 aliphatic rings. The minimum atomic E-state index is -0.199. The number of aromatic nitrogens is 1. The van der Waals surface area contributed by atoms with Crippen LogP contribution < -0.4 is 16.0 Å². The molecule has 20 heavy (non-hydrogen) atoms. The number of nitrogens with one attached hydrogen (secondary N) is 1. The Balaban J connectivity index is 1.66. The van der Waals surface area contributed by atoms with E-state index in [1.165, 1.54) is 24.0 Å². The summed E-state index contributed by atoms with van der Waals surface area (Å²) < 4.78 is 0. The van der Waals surface area contributed by atoms with Crippen LogP contribution in [-0.2, 0) is 11.3 Å². The van der Waals surface area contributed by atoms with Gasteiger partial charge in [-0.3, -0.25) is 4.79 Å². The van der Waals surface area contributed by atoms with Crippen molar-refractivity contribution < 1.29 is 4.79 Å². The number of nitrogens with zero attached hydrogens (tertiary/aromatic N) is 2. The van der Waals surface area contributed by atoms with Crippen molar-refractivity contribution in [3.05, 3.63) is 23.4 Å². The van der Waals surface area contributed by atoms with Crippen LogP contribution in [0.4, 0.5) is 5.82 Å². The first-order valence-electron chi connectivity index (χ1n) is 7.36. The molecule has 1 aliphatic carbocycles. The molecule has 1 saturated heterocycles. The Morgan fingerprint density at radius 2 is 2.30 bits per heavy atom. The number of anilines is 1. The van der Waals surface area contributed by atoms with Gasteiger partial charge in [0, 0.05) is 31.9 Å². The third-order valence-corrected chi connectivity index (χ3v) is 4.17. The number of rotatable bonds is 5. The molecule has 2 heterocycles. The van der Waals surface area contributed by atoms with Crippen molar-refractivity contribution in [3.8, 4) is 0 Å². The Labute approximate surface area is 119 Å². The van der Waals surface area contributed by atoms with Gasteiger partial charge in [-0.2, -0.15) is 0 Å². The highest BCUT2D eigenvalue weighted by atomic mass is 16.1. The number of pyridine rings is 1. The Kier molecular flexibility index (Phi) is 3.61. The van der Waals surface area contributed by atoms with Gasteiger partial charge in [0.05, 0.1) is 5.92 Å². The van der Waals surface area contributed by atoms with Crippen LogP contribution in [-0.4, -0.2) is 30.0 Å². The van der Waals surface area contributed by atoms with E-state index < -0.39 is 0 Å². The molecule has 0 spiro atoms. The molecule has 1 saturated carbocycles. The van der Waals surface area contributed by atoms with Crippen LogP contribution in [0.1, 0.15) is 30.4 Å². The fourth-order valence-electron chi connectivity index (χ4n) is 2.79. The van der Waals surface area contributed by atoms with E-state index in [1.54, 1.807) is 0 Å². The maximum Gasteiger partial charge on any atom is 0.222 e. The lowest BCUT2D eigenvalue weighted by Gasteiger charge is -2.19. The SMILES string of the molecule is Cc1cc(CNC2CC2)cnc1N1CCC(C(N)=O)C1. The molecule has 0 radical (unpaired) electrons. The number of hydrogen-bond donors (Lipinski definition) is 2. The van der Waals surface area contributed by atoms with Crippen LogP contribution >= 0.6 is 0 Å². The highest BCUT2D eigenvalue weighted by molar-refractivity contribution is 5.78. The van der Waals surface area contributed by atoms with Crippen molar-refractivity contribution in [2.75, 3.05) is 18.0 Å². The molecule has 0 bridgehead atoms. The smallest absolute Gasteiger partial charge is 0.222 e. The second-order valence-corrected chi connectivity index (χ2v) is 5.97. The Hall–Kier alpha value is -1.62. The van der Waals surface area contributed by atoms with E-state index in [-0.39, 0.29) is 11.8 Å². The van der Waals surface area contributed by atoms with E-state index in [9.17, 15) is 4.79 Å². The van der Waals surface area contributed by atoms with Crippen LogP contribution in [0.15, 0.2) is 12.3 Å². The van der Waals surface area contributed by atoms with Crippen molar-refractivity contribution in [2.45, 2.75) is 38.8 Å². The molecule has 1 aliphatic heterocycles. The first-order chi connectivity index (χ1) is 9.63. The summed E-state index contributed by atoms with van der Waals surface area (Å²) in [5.74, 6) is 0.756. The van der Waals surface area contributed by atoms with Crippen molar-refractivity contribution in [1.82, 2.24) is 10.3 Å². The highest BCUT2D eigenvalue weighted by Gasteiger charge is 2.28. The lowest BCUT2D eigenvalue weighted by molar-refractivity contribution is -0.121. The van der Waals surface area contributed by atoms with E-state index >= 15 is 0 Å². The lowest BCUT2D eigenvalue weighted by atomic mass is 10.1. The second-order valence-electron chi connectivity index (χ2n) is 5.97. The Morgan fingerprint density at radius 3 is 2.90 bits per heavy atom. The molecule has 1 amide bonds. The first kappa shape index (κ1) is 13.4. The van der Waals surface area contributed by atoms with Crippen molar-refractivity contribution in [1.29, 1.82) is 0 Å². The van der Waals surface area contributed by atoms with Gasteiger partial charge in [-0.25, -0.2) is 4.98 Å². The van der Waals surface area contributed by atoms with Gasteiger partial charge < -0.3 is 16.0 Å². The van der Waals surface area contributed by atoms with Gasteiger partial charge in [-0.05, 0) is 43.4 Å². The molecule has 108 valence electrons. The fourth-order valence-corrected chi connectivity index (χ4v) is 2.79. The summed E-state index contributed by atoms with van der Waals surface area (Å²) in [7, 11) is 0. The lowest BCUT2D eigenvalue weighted by Crippen LogP contribution is -2.28. The molecular formula is C15H22N4O. The third kappa shape index (κ3) is 2.93. The molecule has 1 aromatic heterocycles. The molecule has 3 N–H and O–H groups in total. The van der Waals surface area contributed by atoms with E-state index in [0.29, 0.717) is 12.6 Å². The normalized spacial score (nSPS) is 22.2. The summed E-state index contributed by atoms with van der Waals surface area (Å²) in [5.41, 5.74) is 7.78. The maximum atomic E-state index is 11.2. The number of amides is 1. The van der Waals surface area contributed by atoms with Gasteiger partial charge in [-0.15, -0.1) is 0 Å². The van der Waals surface area contributed by atoms with E-state index in [0.717, 1.165) is 25.3 Å². The Morgan fingerprint density at radius 1 is 1.50 bits per heavy atom. The highest BCUT2D eigenvalue weighted by Crippen LogP contribution is 2.25. The number of carbonyl (C=O) groups is 1. The third-order valence-electron chi connectivity index (χ3n) is 4.17. The molecule has 1 atom stereocenters. The zero-order valence-corrected chi connectivity index (χ0v) is 11.9. The number of nitrogens with two attached hydrogens (primary N) is 1. The molecule has 1 aromatic rings. The predicted octanol–water partition coefficient (Wildman–Crippen LogP) is 0.954. The van der Waals surface area contributed by atoms with Crippen LogP contribution in [0.2, 0.25) is 0 Å². The second kappa shape index (κ2) is 5.40.